The number of ether oxygens (including phenoxy) is 1. The molecule has 100 valence electrons. The van der Waals surface area contributed by atoms with E-state index >= 15 is 0 Å². The molecule has 1 rings (SSSR count). The first-order valence-electron chi connectivity index (χ1n) is 5.96. The molecule has 0 atom stereocenters. The average Bonchev–Trinajstić information content (AvgIpc) is 2.31. The fourth-order valence-corrected chi connectivity index (χ4v) is 1.76. The second-order valence-corrected chi connectivity index (χ2v) is 3.95. The normalized spacial score (nSPS) is 10.3. The molecular formula is C13H18O5. The molecule has 1 aromatic carbocycles. The van der Waals surface area contributed by atoms with Crippen molar-refractivity contribution in [2.75, 3.05) is 6.61 Å². The molecule has 5 nitrogen and oxygen atoms in total. The van der Waals surface area contributed by atoms with E-state index in [-0.39, 0.29) is 11.3 Å². The second-order valence-electron chi connectivity index (χ2n) is 3.95. The van der Waals surface area contributed by atoms with Crippen LogP contribution in [-0.2, 0) is 6.42 Å². The molecule has 0 aliphatic rings. The summed E-state index contributed by atoms with van der Waals surface area (Å²) in [5.74, 6) is -2.24. The first kappa shape index (κ1) is 14.2. The lowest BCUT2D eigenvalue weighted by Gasteiger charge is -2.15. The number of carboxylic acids is 1. The Morgan fingerprint density at radius 3 is 2.50 bits per heavy atom. The van der Waals surface area contributed by atoms with Crippen LogP contribution in [0.4, 0.5) is 0 Å². The number of rotatable bonds is 6. The molecule has 18 heavy (non-hydrogen) atoms. The van der Waals surface area contributed by atoms with Crippen LogP contribution in [0.2, 0.25) is 0 Å². The van der Waals surface area contributed by atoms with Gasteiger partial charge in [0.1, 0.15) is 11.3 Å². The summed E-state index contributed by atoms with van der Waals surface area (Å²) in [6.45, 7) is 4.04. The lowest BCUT2D eigenvalue weighted by atomic mass is 10.0. The third kappa shape index (κ3) is 2.85. The number of hydrogen-bond acceptors (Lipinski definition) is 4. The predicted octanol–water partition coefficient (Wildman–Crippen LogP) is 2.54. The van der Waals surface area contributed by atoms with Gasteiger partial charge in [-0.2, -0.15) is 0 Å². The van der Waals surface area contributed by atoms with Crippen LogP contribution in [-0.4, -0.2) is 27.9 Å². The van der Waals surface area contributed by atoms with Crippen LogP contribution in [0, 0.1) is 0 Å². The zero-order valence-corrected chi connectivity index (χ0v) is 10.6. The molecular weight excluding hydrogens is 236 g/mol. The highest BCUT2D eigenvalue weighted by Gasteiger charge is 2.23. The maximum Gasteiger partial charge on any atom is 0.343 e. The lowest BCUT2D eigenvalue weighted by Crippen LogP contribution is -2.06. The zero-order chi connectivity index (χ0) is 13.7. The number of aryl methyl sites for hydroxylation is 1. The predicted molar refractivity (Wildman–Crippen MR) is 66.5 cm³/mol. The third-order valence-corrected chi connectivity index (χ3v) is 2.61. The number of carbonyl (C=O) groups is 1. The van der Waals surface area contributed by atoms with Crippen molar-refractivity contribution in [2.45, 2.75) is 33.1 Å². The highest BCUT2D eigenvalue weighted by Crippen LogP contribution is 2.39. The molecule has 0 saturated carbocycles. The minimum atomic E-state index is -1.32. The van der Waals surface area contributed by atoms with Gasteiger partial charge >= 0.3 is 5.97 Å². The summed E-state index contributed by atoms with van der Waals surface area (Å²) >= 11 is 0. The Balaban J connectivity index is 3.36. The van der Waals surface area contributed by atoms with Gasteiger partial charge in [-0.1, -0.05) is 13.3 Å². The van der Waals surface area contributed by atoms with Gasteiger partial charge in [0.2, 0.25) is 0 Å². The van der Waals surface area contributed by atoms with Crippen molar-refractivity contribution in [2.24, 2.45) is 0 Å². The molecule has 0 heterocycles. The van der Waals surface area contributed by atoms with Crippen LogP contribution in [0.5, 0.6) is 17.2 Å². The first-order chi connectivity index (χ1) is 8.52. The van der Waals surface area contributed by atoms with Crippen molar-refractivity contribution >= 4 is 5.97 Å². The Hall–Kier alpha value is -1.91. The number of aromatic carboxylic acids is 1. The largest absolute Gasteiger partial charge is 0.504 e. The fraction of sp³-hybridized carbons (Fsp3) is 0.462. The number of benzene rings is 1. The number of aromatic hydroxyl groups is 2. The first-order valence-corrected chi connectivity index (χ1v) is 5.96. The van der Waals surface area contributed by atoms with Crippen LogP contribution in [0.3, 0.4) is 0 Å². The van der Waals surface area contributed by atoms with E-state index in [0.717, 1.165) is 12.8 Å². The molecule has 0 amide bonds. The fourth-order valence-electron chi connectivity index (χ4n) is 1.76. The quantitative estimate of drug-likeness (QED) is 0.679. The Morgan fingerprint density at radius 2 is 2.00 bits per heavy atom. The van der Waals surface area contributed by atoms with E-state index in [4.69, 9.17) is 9.84 Å². The number of unbranched alkanes of at least 4 members (excludes halogenated alkanes) is 1. The van der Waals surface area contributed by atoms with Gasteiger partial charge in [0.25, 0.3) is 0 Å². The van der Waals surface area contributed by atoms with Gasteiger partial charge in [0.15, 0.2) is 11.5 Å². The van der Waals surface area contributed by atoms with Gasteiger partial charge in [-0.25, -0.2) is 4.79 Å². The number of phenols is 2. The maximum absolute atomic E-state index is 11.1. The molecule has 1 aromatic rings. The summed E-state index contributed by atoms with van der Waals surface area (Å²) < 4.78 is 5.31. The van der Waals surface area contributed by atoms with Crippen molar-refractivity contribution < 1.29 is 24.9 Å². The zero-order valence-electron chi connectivity index (χ0n) is 10.6. The van der Waals surface area contributed by atoms with Gasteiger partial charge in [-0.05, 0) is 31.4 Å². The maximum atomic E-state index is 11.1. The van der Waals surface area contributed by atoms with E-state index in [9.17, 15) is 15.0 Å². The Kier molecular flexibility index (Phi) is 4.83. The molecule has 0 fully saturated rings. The Morgan fingerprint density at radius 1 is 1.33 bits per heavy atom. The number of hydrogen-bond donors (Lipinski definition) is 3. The smallest absolute Gasteiger partial charge is 0.343 e. The number of carboxylic acid groups (broad SMARTS) is 1. The van der Waals surface area contributed by atoms with Crippen LogP contribution >= 0.6 is 0 Å². The summed E-state index contributed by atoms with van der Waals surface area (Å²) in [6, 6.07) is 1.36. The molecule has 0 aliphatic carbocycles. The van der Waals surface area contributed by atoms with Crippen LogP contribution in [0.1, 0.15) is 42.6 Å². The summed E-state index contributed by atoms with van der Waals surface area (Å²) in [6.07, 6.45) is 2.39. The van der Waals surface area contributed by atoms with E-state index in [1.165, 1.54) is 6.07 Å². The summed E-state index contributed by atoms with van der Waals surface area (Å²) in [5, 5.41) is 28.3. The molecule has 3 N–H and O–H groups in total. The van der Waals surface area contributed by atoms with Crippen LogP contribution in [0.25, 0.3) is 0 Å². The van der Waals surface area contributed by atoms with E-state index in [2.05, 4.69) is 0 Å². The van der Waals surface area contributed by atoms with Crippen LogP contribution in [0.15, 0.2) is 6.07 Å². The molecule has 0 saturated heterocycles. The van der Waals surface area contributed by atoms with Crippen molar-refractivity contribution in [1.82, 2.24) is 0 Å². The third-order valence-electron chi connectivity index (χ3n) is 2.61. The van der Waals surface area contributed by atoms with Crippen molar-refractivity contribution in [3.8, 4) is 17.2 Å². The minimum absolute atomic E-state index is 0.147. The Bertz CT molecular complexity index is 439. The summed E-state index contributed by atoms with van der Waals surface area (Å²) in [4.78, 5) is 11.1. The van der Waals surface area contributed by atoms with Crippen LogP contribution < -0.4 is 4.74 Å². The van der Waals surface area contributed by atoms with Gasteiger partial charge < -0.3 is 20.1 Å². The van der Waals surface area contributed by atoms with Crippen molar-refractivity contribution in [3.63, 3.8) is 0 Å². The standard InChI is InChI=1S/C13H18O5/c1-3-5-6-8-7-9(14)11(15)10(13(16)17)12(8)18-4-2/h7,14-15H,3-6H2,1-2H3,(H,16,17). The van der Waals surface area contributed by atoms with Gasteiger partial charge in [0.05, 0.1) is 6.61 Å². The van der Waals surface area contributed by atoms with Crippen molar-refractivity contribution in [1.29, 1.82) is 0 Å². The summed E-state index contributed by atoms with van der Waals surface area (Å²) in [5.41, 5.74) is 0.231. The van der Waals surface area contributed by atoms with E-state index in [1.807, 2.05) is 6.92 Å². The van der Waals surface area contributed by atoms with Gasteiger partial charge in [-0.15, -0.1) is 0 Å². The molecule has 0 unspecified atom stereocenters. The van der Waals surface area contributed by atoms with E-state index in [1.54, 1.807) is 6.92 Å². The molecule has 0 radical (unpaired) electrons. The summed E-state index contributed by atoms with van der Waals surface area (Å²) in [7, 11) is 0. The molecule has 0 aromatic heterocycles. The minimum Gasteiger partial charge on any atom is -0.504 e. The highest BCUT2D eigenvalue weighted by atomic mass is 16.5. The molecule has 5 heteroatoms. The monoisotopic (exact) mass is 254 g/mol. The highest BCUT2D eigenvalue weighted by molar-refractivity contribution is 5.95. The Labute approximate surface area is 106 Å². The molecule has 0 aliphatic heterocycles. The topological polar surface area (TPSA) is 87.0 Å². The van der Waals surface area contributed by atoms with E-state index < -0.39 is 17.5 Å². The van der Waals surface area contributed by atoms with Gasteiger partial charge in [-0.3, -0.25) is 0 Å². The lowest BCUT2D eigenvalue weighted by molar-refractivity contribution is 0.0688. The number of phenolic OH excluding ortho intramolecular Hbond substituents is 1. The molecule has 0 spiro atoms. The van der Waals surface area contributed by atoms with E-state index in [0.29, 0.717) is 18.6 Å². The SMILES string of the molecule is CCCCc1cc(O)c(O)c(C(=O)O)c1OCC. The average molecular weight is 254 g/mol. The second kappa shape index (κ2) is 6.14. The van der Waals surface area contributed by atoms with Crippen molar-refractivity contribution in [3.05, 3.63) is 17.2 Å². The molecule has 0 bridgehead atoms. The van der Waals surface area contributed by atoms with Gasteiger partial charge in [0, 0.05) is 0 Å².